The summed E-state index contributed by atoms with van der Waals surface area (Å²) in [6, 6.07) is 33.1. The molecule has 0 atom stereocenters. The molecule has 3 rings (SSSR count). The molecule has 1 heteroatoms. The van der Waals surface area contributed by atoms with Crippen molar-refractivity contribution < 1.29 is 26.1 Å². The second-order valence-electron chi connectivity index (χ2n) is 5.96. The third-order valence-corrected chi connectivity index (χ3v) is 6.55. The van der Waals surface area contributed by atoms with Crippen LogP contribution in [-0.2, 0) is 31.5 Å². The predicted octanol–water partition coefficient (Wildman–Crippen LogP) is 5.77. The summed E-state index contributed by atoms with van der Waals surface area (Å²) in [6.07, 6.45) is 2.47. The van der Waals surface area contributed by atoms with Gasteiger partial charge in [0.05, 0.1) is 0 Å². The summed E-state index contributed by atoms with van der Waals surface area (Å²) >= 11 is 0.869. The van der Waals surface area contributed by atoms with Crippen molar-refractivity contribution in [1.82, 2.24) is 0 Å². The Morgan fingerprint density at radius 3 is 1.22 bits per heavy atom. The van der Waals surface area contributed by atoms with Crippen molar-refractivity contribution in [2.75, 3.05) is 0 Å². The van der Waals surface area contributed by atoms with Gasteiger partial charge in [0.1, 0.15) is 0 Å². The van der Waals surface area contributed by atoms with E-state index in [2.05, 4.69) is 91.0 Å². The van der Waals surface area contributed by atoms with E-state index < -0.39 is 0 Å². The van der Waals surface area contributed by atoms with Gasteiger partial charge in [-0.15, -0.1) is 0 Å². The van der Waals surface area contributed by atoms with E-state index in [1.165, 1.54) is 33.5 Å². The van der Waals surface area contributed by atoms with Crippen LogP contribution in [0.15, 0.2) is 91.0 Å². The van der Waals surface area contributed by atoms with E-state index in [-0.39, 0.29) is 5.41 Å². The standard InChI is InChI=1S/C22H21.Hg/c1-2-18-22(19-12-6-3-7-13-19,20-14-8-4-9-15-20)21-16-10-5-11-17-21;/h3-17H,1-2,18H2;. The van der Waals surface area contributed by atoms with Crippen LogP contribution in [-0.4, -0.2) is 0 Å². The molecule has 3 aromatic carbocycles. The van der Waals surface area contributed by atoms with E-state index >= 15 is 0 Å². The molecule has 0 nitrogen and oxygen atoms in total. The van der Waals surface area contributed by atoms with Gasteiger partial charge in [-0.3, -0.25) is 0 Å². The molecule has 0 heterocycles. The van der Waals surface area contributed by atoms with Gasteiger partial charge in [-0.2, -0.15) is 0 Å². The average Bonchev–Trinajstić information content (AvgIpc) is 2.65. The minimum absolute atomic E-state index is 0.0385. The molecule has 0 bridgehead atoms. The molecule has 0 aliphatic heterocycles. The zero-order chi connectivity index (χ0) is 16.0. The molecule has 3 aromatic rings. The van der Waals surface area contributed by atoms with E-state index in [0.717, 1.165) is 26.1 Å². The summed E-state index contributed by atoms with van der Waals surface area (Å²) in [5.41, 5.74) is 4.17. The van der Waals surface area contributed by atoms with Gasteiger partial charge in [0.15, 0.2) is 0 Å². The Bertz CT molecular complexity index is 608. The van der Waals surface area contributed by atoms with Gasteiger partial charge < -0.3 is 0 Å². The molecule has 0 radical (unpaired) electrons. The van der Waals surface area contributed by atoms with Crippen molar-refractivity contribution in [1.29, 1.82) is 0 Å². The van der Waals surface area contributed by atoms with Gasteiger partial charge in [0, 0.05) is 0 Å². The molecular formula is C22H21Hg. The molecule has 0 unspecified atom stereocenters. The van der Waals surface area contributed by atoms with Gasteiger partial charge in [0.2, 0.25) is 0 Å². The zero-order valence-electron chi connectivity index (χ0n) is 13.5. The van der Waals surface area contributed by atoms with Crippen LogP contribution >= 0.6 is 0 Å². The molecule has 0 amide bonds. The maximum atomic E-state index is 2.29. The summed E-state index contributed by atoms with van der Waals surface area (Å²) in [5.74, 6) is 0. The molecule has 0 aliphatic rings. The summed E-state index contributed by atoms with van der Waals surface area (Å²) in [7, 11) is 0. The fourth-order valence-electron chi connectivity index (χ4n) is 3.49. The van der Waals surface area contributed by atoms with Crippen molar-refractivity contribution in [3.63, 3.8) is 0 Å². The molecule has 111 valence electrons. The molecule has 0 saturated carbocycles. The molecule has 0 N–H and O–H groups in total. The maximum absolute atomic E-state index is 2.29. The summed E-state index contributed by atoms with van der Waals surface area (Å²) < 4.78 is 1.40. The van der Waals surface area contributed by atoms with Crippen LogP contribution in [0, 0.1) is 0 Å². The Morgan fingerprint density at radius 2 is 0.913 bits per heavy atom. The van der Waals surface area contributed by atoms with Crippen LogP contribution in [0.25, 0.3) is 0 Å². The second kappa shape index (κ2) is 7.92. The van der Waals surface area contributed by atoms with E-state index in [4.69, 9.17) is 0 Å². The quantitative estimate of drug-likeness (QED) is 0.307. The van der Waals surface area contributed by atoms with Crippen LogP contribution in [0.5, 0.6) is 0 Å². The first kappa shape index (κ1) is 16.5. The van der Waals surface area contributed by atoms with Crippen LogP contribution in [0.3, 0.4) is 0 Å². The predicted molar refractivity (Wildman–Crippen MR) is 93.2 cm³/mol. The Morgan fingerprint density at radius 1 is 0.565 bits per heavy atom. The Hall–Kier alpha value is -1.40. The fourth-order valence-corrected chi connectivity index (χ4v) is 4.46. The fraction of sp³-hybridized carbons (Fsp3) is 0.182. The van der Waals surface area contributed by atoms with E-state index in [1.54, 1.807) is 0 Å². The molecular weight excluding hydrogens is 465 g/mol. The van der Waals surface area contributed by atoms with Crippen LogP contribution < -0.4 is 0 Å². The van der Waals surface area contributed by atoms with Gasteiger partial charge in [-0.25, -0.2) is 0 Å². The van der Waals surface area contributed by atoms with Crippen molar-refractivity contribution in [3.05, 3.63) is 108 Å². The van der Waals surface area contributed by atoms with Crippen molar-refractivity contribution in [2.45, 2.75) is 22.2 Å². The average molecular weight is 486 g/mol. The summed E-state index contributed by atoms with van der Waals surface area (Å²) in [4.78, 5) is 0. The molecule has 0 aromatic heterocycles. The first-order chi connectivity index (χ1) is 11.4. The van der Waals surface area contributed by atoms with E-state index in [1.807, 2.05) is 0 Å². The Labute approximate surface area is 155 Å². The Balaban J connectivity index is 2.25. The van der Waals surface area contributed by atoms with E-state index in [9.17, 15) is 0 Å². The summed E-state index contributed by atoms with van der Waals surface area (Å²) in [6.45, 7) is 0. The third kappa shape index (κ3) is 3.43. The SMILES string of the molecule is [Hg][CH2]CCC(c1ccccc1)(c1ccccc1)c1ccccc1. The summed E-state index contributed by atoms with van der Waals surface area (Å²) in [5, 5.41) is 0. The number of benzene rings is 3. The van der Waals surface area contributed by atoms with E-state index in [0.29, 0.717) is 0 Å². The first-order valence-corrected chi connectivity index (χ1v) is 12.2. The normalized spacial score (nSPS) is 11.4. The third-order valence-electron chi connectivity index (χ3n) is 4.60. The van der Waals surface area contributed by atoms with Crippen LogP contribution in [0.2, 0.25) is 3.93 Å². The topological polar surface area (TPSA) is 0 Å². The van der Waals surface area contributed by atoms with Gasteiger partial charge in [-0.1, -0.05) is 0 Å². The molecule has 0 saturated heterocycles. The molecule has 0 spiro atoms. The zero-order valence-corrected chi connectivity index (χ0v) is 19.0. The number of rotatable bonds is 6. The van der Waals surface area contributed by atoms with Gasteiger partial charge in [-0.05, 0) is 0 Å². The van der Waals surface area contributed by atoms with Crippen LogP contribution in [0.4, 0.5) is 0 Å². The number of hydrogen-bond donors (Lipinski definition) is 0. The number of hydrogen-bond acceptors (Lipinski definition) is 0. The Kier molecular flexibility index (Phi) is 5.67. The van der Waals surface area contributed by atoms with Crippen molar-refractivity contribution in [3.8, 4) is 0 Å². The van der Waals surface area contributed by atoms with Crippen LogP contribution in [0.1, 0.15) is 29.5 Å². The van der Waals surface area contributed by atoms with Gasteiger partial charge >= 0.3 is 156 Å². The second-order valence-corrected chi connectivity index (χ2v) is 8.71. The minimum atomic E-state index is -0.0385. The molecule has 23 heavy (non-hydrogen) atoms. The first-order valence-electron chi connectivity index (χ1n) is 8.34. The van der Waals surface area contributed by atoms with Gasteiger partial charge in [0.25, 0.3) is 0 Å². The van der Waals surface area contributed by atoms with Crippen molar-refractivity contribution >= 4 is 0 Å². The monoisotopic (exact) mass is 487 g/mol. The molecule has 0 aliphatic carbocycles. The molecule has 0 fully saturated rings. The van der Waals surface area contributed by atoms with Crippen molar-refractivity contribution in [2.24, 2.45) is 0 Å².